The van der Waals surface area contributed by atoms with Crippen LogP contribution in [0.25, 0.3) is 0 Å². The van der Waals surface area contributed by atoms with Crippen molar-refractivity contribution in [1.29, 1.82) is 0 Å². The maximum atomic E-state index is 12.4. The van der Waals surface area contributed by atoms with Crippen molar-refractivity contribution in [2.75, 3.05) is 56.2 Å². The van der Waals surface area contributed by atoms with Crippen LogP contribution in [0, 0.1) is 0 Å². The van der Waals surface area contributed by atoms with E-state index in [0.717, 1.165) is 4.90 Å². The number of piperazine rings is 1. The highest BCUT2D eigenvalue weighted by Gasteiger charge is 2.32. The fourth-order valence-electron chi connectivity index (χ4n) is 3.32. The Morgan fingerprint density at radius 2 is 1.97 bits per heavy atom. The van der Waals surface area contributed by atoms with Crippen LogP contribution in [0.4, 0.5) is 16.2 Å². The highest BCUT2D eigenvalue weighted by Crippen LogP contribution is 2.36. The topological polar surface area (TPSA) is 102 Å². The zero-order valence-corrected chi connectivity index (χ0v) is 16.8. The molecular weight excluding hydrogens is 400 g/mol. The third kappa shape index (κ3) is 4.46. The Bertz CT molecular complexity index is 836. The SMILES string of the molecule is CCOC(=O)N1CCN(c2c(Cl)cccc2NC2=CC(=O)N(CCO)C2=O)CC1. The van der Waals surface area contributed by atoms with E-state index < -0.39 is 11.8 Å². The first-order valence-electron chi connectivity index (χ1n) is 9.36. The molecule has 0 spiro atoms. The van der Waals surface area contributed by atoms with Crippen molar-refractivity contribution in [2.45, 2.75) is 6.92 Å². The van der Waals surface area contributed by atoms with Crippen molar-refractivity contribution < 1.29 is 24.2 Å². The first-order chi connectivity index (χ1) is 14.0. The van der Waals surface area contributed by atoms with Crippen LogP contribution in [0.15, 0.2) is 30.0 Å². The number of carbonyl (C=O) groups is 3. The van der Waals surface area contributed by atoms with Gasteiger partial charge in [0.2, 0.25) is 0 Å². The summed E-state index contributed by atoms with van der Waals surface area (Å²) in [7, 11) is 0. The van der Waals surface area contributed by atoms with Crippen LogP contribution in [0.3, 0.4) is 0 Å². The molecule has 0 atom stereocenters. The first kappa shape index (κ1) is 20.9. The minimum Gasteiger partial charge on any atom is -0.450 e. The molecule has 3 amide bonds. The van der Waals surface area contributed by atoms with Crippen LogP contribution in [0.1, 0.15) is 6.92 Å². The number of hydrogen-bond donors (Lipinski definition) is 2. The summed E-state index contributed by atoms with van der Waals surface area (Å²) in [5.41, 5.74) is 1.40. The Morgan fingerprint density at radius 1 is 1.24 bits per heavy atom. The molecule has 0 radical (unpaired) electrons. The Labute approximate surface area is 173 Å². The van der Waals surface area contributed by atoms with Gasteiger partial charge in [-0.2, -0.15) is 0 Å². The molecule has 2 aliphatic rings. The predicted octanol–water partition coefficient (Wildman–Crippen LogP) is 1.28. The predicted molar refractivity (Wildman–Crippen MR) is 108 cm³/mol. The summed E-state index contributed by atoms with van der Waals surface area (Å²) < 4.78 is 5.04. The van der Waals surface area contributed by atoms with E-state index in [0.29, 0.717) is 49.2 Å². The number of β-amino-alcohol motifs (C(OH)–C–C–N with tert-alkyl or cyclic N) is 1. The summed E-state index contributed by atoms with van der Waals surface area (Å²) >= 11 is 6.44. The molecule has 1 aromatic carbocycles. The molecule has 2 N–H and O–H groups in total. The zero-order chi connectivity index (χ0) is 21.0. The fourth-order valence-corrected chi connectivity index (χ4v) is 3.61. The van der Waals surface area contributed by atoms with E-state index >= 15 is 0 Å². The number of nitrogens with zero attached hydrogens (tertiary/aromatic N) is 3. The molecule has 10 heteroatoms. The minimum atomic E-state index is -0.498. The number of amides is 3. The molecule has 0 aliphatic carbocycles. The summed E-state index contributed by atoms with van der Waals surface area (Å²) in [5, 5.41) is 12.5. The van der Waals surface area contributed by atoms with Crippen molar-refractivity contribution in [3.63, 3.8) is 0 Å². The van der Waals surface area contributed by atoms with Gasteiger partial charge in [0.25, 0.3) is 11.8 Å². The summed E-state index contributed by atoms with van der Waals surface area (Å²) in [5.74, 6) is -0.972. The summed E-state index contributed by atoms with van der Waals surface area (Å²) in [4.78, 5) is 40.9. The minimum absolute atomic E-state index is 0.0580. The van der Waals surface area contributed by atoms with Gasteiger partial charge in [0.1, 0.15) is 5.70 Å². The molecule has 2 aliphatic heterocycles. The van der Waals surface area contributed by atoms with E-state index in [-0.39, 0.29) is 24.9 Å². The lowest BCUT2D eigenvalue weighted by atomic mass is 10.2. The van der Waals surface area contributed by atoms with Crippen LogP contribution < -0.4 is 10.2 Å². The number of imide groups is 1. The highest BCUT2D eigenvalue weighted by atomic mass is 35.5. The monoisotopic (exact) mass is 422 g/mol. The first-order valence-corrected chi connectivity index (χ1v) is 9.74. The van der Waals surface area contributed by atoms with E-state index in [1.165, 1.54) is 6.08 Å². The molecule has 0 saturated carbocycles. The molecule has 2 heterocycles. The lowest BCUT2D eigenvalue weighted by Gasteiger charge is -2.36. The van der Waals surface area contributed by atoms with Crippen LogP contribution in [0.5, 0.6) is 0 Å². The van der Waals surface area contributed by atoms with E-state index in [1.54, 1.807) is 30.0 Å². The summed E-state index contributed by atoms with van der Waals surface area (Å²) in [6, 6.07) is 5.26. The van der Waals surface area contributed by atoms with Gasteiger partial charge in [-0.3, -0.25) is 14.5 Å². The van der Waals surface area contributed by atoms with Crippen molar-refractivity contribution in [3.05, 3.63) is 35.0 Å². The van der Waals surface area contributed by atoms with Crippen molar-refractivity contribution in [3.8, 4) is 0 Å². The molecular formula is C19H23ClN4O5. The fraction of sp³-hybridized carbons (Fsp3) is 0.421. The number of rotatable bonds is 6. The second kappa shape index (κ2) is 9.15. The average Bonchev–Trinajstić information content (AvgIpc) is 2.96. The summed E-state index contributed by atoms with van der Waals surface area (Å²) in [6.45, 7) is 3.78. The number of carbonyl (C=O) groups excluding carboxylic acids is 3. The number of anilines is 2. The Morgan fingerprint density at radius 3 is 2.62 bits per heavy atom. The van der Waals surface area contributed by atoms with Gasteiger partial charge in [-0.25, -0.2) is 4.79 Å². The summed E-state index contributed by atoms with van der Waals surface area (Å²) in [6.07, 6.45) is 0.871. The molecule has 29 heavy (non-hydrogen) atoms. The molecule has 0 unspecified atom stereocenters. The Balaban J connectivity index is 1.76. The number of para-hydroxylation sites is 1. The molecule has 1 aromatic rings. The van der Waals surface area contributed by atoms with Crippen LogP contribution in [0.2, 0.25) is 5.02 Å². The lowest BCUT2D eigenvalue weighted by molar-refractivity contribution is -0.137. The quantitative estimate of drug-likeness (QED) is 0.665. The standard InChI is InChI=1S/C19H23ClN4O5/c1-2-29-19(28)23-8-6-22(7-9-23)17-13(20)4-3-5-14(17)21-15-12-16(26)24(10-11-25)18(15)27/h3-5,12,21,25H,2,6-11H2,1H3. The van der Waals surface area contributed by atoms with E-state index in [9.17, 15) is 14.4 Å². The molecule has 1 fully saturated rings. The normalized spacial score (nSPS) is 16.9. The Kier molecular flexibility index (Phi) is 6.60. The number of hydrogen-bond acceptors (Lipinski definition) is 7. The van der Waals surface area contributed by atoms with Gasteiger partial charge in [0.15, 0.2) is 0 Å². The Hall–Kier alpha value is -2.78. The lowest BCUT2D eigenvalue weighted by Crippen LogP contribution is -2.49. The molecule has 3 rings (SSSR count). The van der Waals surface area contributed by atoms with Crippen LogP contribution in [-0.4, -0.2) is 78.8 Å². The van der Waals surface area contributed by atoms with Gasteiger partial charge < -0.3 is 25.0 Å². The number of aliphatic hydroxyl groups excluding tert-OH is 1. The second-order valence-electron chi connectivity index (χ2n) is 6.51. The van der Waals surface area contributed by atoms with Crippen molar-refractivity contribution in [1.82, 2.24) is 9.80 Å². The smallest absolute Gasteiger partial charge is 0.409 e. The van der Waals surface area contributed by atoms with E-state index in [2.05, 4.69) is 5.32 Å². The maximum Gasteiger partial charge on any atom is 0.409 e. The second-order valence-corrected chi connectivity index (χ2v) is 6.92. The molecule has 156 valence electrons. The average molecular weight is 423 g/mol. The van der Waals surface area contributed by atoms with Gasteiger partial charge in [-0.15, -0.1) is 0 Å². The molecule has 0 aromatic heterocycles. The van der Waals surface area contributed by atoms with Gasteiger partial charge in [-0.1, -0.05) is 17.7 Å². The van der Waals surface area contributed by atoms with Gasteiger partial charge in [0, 0.05) is 32.3 Å². The number of nitrogens with one attached hydrogen (secondary N) is 1. The number of aliphatic hydroxyl groups is 1. The third-order valence-electron chi connectivity index (χ3n) is 4.71. The van der Waals surface area contributed by atoms with Crippen LogP contribution in [-0.2, 0) is 14.3 Å². The number of ether oxygens (including phenoxy) is 1. The molecule has 0 bridgehead atoms. The maximum absolute atomic E-state index is 12.4. The highest BCUT2D eigenvalue weighted by molar-refractivity contribution is 6.34. The van der Waals surface area contributed by atoms with Gasteiger partial charge in [-0.05, 0) is 19.1 Å². The van der Waals surface area contributed by atoms with Crippen molar-refractivity contribution in [2.24, 2.45) is 0 Å². The zero-order valence-electron chi connectivity index (χ0n) is 16.1. The van der Waals surface area contributed by atoms with Gasteiger partial charge in [0.05, 0.1) is 36.2 Å². The van der Waals surface area contributed by atoms with E-state index in [1.807, 2.05) is 4.90 Å². The third-order valence-corrected chi connectivity index (χ3v) is 5.02. The molecule has 1 saturated heterocycles. The van der Waals surface area contributed by atoms with Crippen molar-refractivity contribution >= 4 is 40.9 Å². The van der Waals surface area contributed by atoms with Gasteiger partial charge >= 0.3 is 6.09 Å². The number of halogens is 1. The largest absolute Gasteiger partial charge is 0.450 e. The van der Waals surface area contributed by atoms with E-state index in [4.69, 9.17) is 21.4 Å². The van der Waals surface area contributed by atoms with Crippen LogP contribution >= 0.6 is 11.6 Å². The number of benzene rings is 1. The molecule has 9 nitrogen and oxygen atoms in total.